The molecule has 2 atom stereocenters. The maximum atomic E-state index is 13.0. The summed E-state index contributed by atoms with van der Waals surface area (Å²) in [6.45, 7) is 1.15. The van der Waals surface area contributed by atoms with Crippen LogP contribution < -0.4 is 10.1 Å². The van der Waals surface area contributed by atoms with E-state index in [-0.39, 0.29) is 18.8 Å². The number of nitrogens with one attached hydrogen (secondary N) is 1. The number of carbonyl (C=O) groups excluding carboxylic acids is 2. The number of aliphatic hydroxyl groups excluding tert-OH is 1. The predicted octanol–water partition coefficient (Wildman–Crippen LogP) is 3.47. The molecule has 1 aliphatic heterocycles. The van der Waals surface area contributed by atoms with Crippen LogP contribution in [0.1, 0.15) is 12.5 Å². The first-order valence-electron chi connectivity index (χ1n) is 10.6. The van der Waals surface area contributed by atoms with Crippen molar-refractivity contribution in [1.82, 2.24) is 10.2 Å². The van der Waals surface area contributed by atoms with Crippen molar-refractivity contribution in [2.24, 2.45) is 0 Å². The fourth-order valence-electron chi connectivity index (χ4n) is 3.80. The number of benzene rings is 3. The number of aliphatic hydroxyl groups is 1. The monoisotopic (exact) mass is 461 g/mol. The largest absolute Gasteiger partial charge is 0.491 e. The molecular formula is C25H23N3O6. The number of imide groups is 1. The molecule has 0 radical (unpaired) electrons. The number of urea groups is 1. The average molecular weight is 461 g/mol. The summed E-state index contributed by atoms with van der Waals surface area (Å²) in [5.41, 5.74) is 0.996. The fourth-order valence-corrected chi connectivity index (χ4v) is 3.80. The van der Waals surface area contributed by atoms with Gasteiger partial charge in [0.05, 0.1) is 11.5 Å². The van der Waals surface area contributed by atoms with Gasteiger partial charge in [0.1, 0.15) is 24.0 Å². The second-order valence-electron chi connectivity index (χ2n) is 8.13. The Labute approximate surface area is 195 Å². The van der Waals surface area contributed by atoms with Crippen molar-refractivity contribution in [1.29, 1.82) is 0 Å². The first kappa shape index (κ1) is 22.9. The molecule has 9 heteroatoms. The van der Waals surface area contributed by atoms with Crippen molar-refractivity contribution >= 4 is 17.6 Å². The zero-order valence-corrected chi connectivity index (χ0v) is 18.4. The predicted molar refractivity (Wildman–Crippen MR) is 124 cm³/mol. The molecule has 3 aromatic rings. The summed E-state index contributed by atoms with van der Waals surface area (Å²) in [4.78, 5) is 36.7. The van der Waals surface area contributed by atoms with Crippen LogP contribution >= 0.6 is 0 Å². The number of amides is 3. The van der Waals surface area contributed by atoms with Gasteiger partial charge in [-0.05, 0) is 47.9 Å². The molecular weight excluding hydrogens is 438 g/mol. The molecule has 174 valence electrons. The minimum atomic E-state index is -1.39. The molecule has 2 N–H and O–H groups in total. The summed E-state index contributed by atoms with van der Waals surface area (Å²) in [5, 5.41) is 23.9. The summed E-state index contributed by atoms with van der Waals surface area (Å²) in [6.07, 6.45) is -1.11. The molecule has 0 aliphatic carbocycles. The van der Waals surface area contributed by atoms with Crippen LogP contribution in [-0.4, -0.2) is 46.1 Å². The highest BCUT2D eigenvalue weighted by Crippen LogP contribution is 2.30. The van der Waals surface area contributed by atoms with Crippen LogP contribution in [0.4, 0.5) is 10.5 Å². The third-order valence-electron chi connectivity index (χ3n) is 5.73. The number of nitrogens with zero attached hydrogens (tertiary/aromatic N) is 2. The van der Waals surface area contributed by atoms with Crippen molar-refractivity contribution in [3.05, 3.63) is 94.5 Å². The lowest BCUT2D eigenvalue weighted by Crippen LogP contribution is -2.42. The van der Waals surface area contributed by atoms with E-state index >= 15 is 0 Å². The first-order valence-corrected chi connectivity index (χ1v) is 10.6. The van der Waals surface area contributed by atoms with Crippen LogP contribution in [-0.2, 0) is 10.3 Å². The van der Waals surface area contributed by atoms with Crippen LogP contribution in [0.3, 0.4) is 0 Å². The van der Waals surface area contributed by atoms with Gasteiger partial charge < -0.3 is 15.2 Å². The SMILES string of the molecule is C[C@@]1(c2ccc([N+](=O)[O-])cc2)NC(=O)N(C[C@@H](O)COc2ccc(-c3ccccc3)cc2)C1=O. The molecule has 1 fully saturated rings. The molecule has 0 saturated carbocycles. The molecule has 0 unspecified atom stereocenters. The van der Waals surface area contributed by atoms with Crippen LogP contribution in [0, 0.1) is 10.1 Å². The fraction of sp³-hybridized carbons (Fsp3) is 0.200. The number of hydrogen-bond donors (Lipinski definition) is 2. The first-order chi connectivity index (χ1) is 16.3. The van der Waals surface area contributed by atoms with Gasteiger partial charge in [-0.15, -0.1) is 0 Å². The Balaban J connectivity index is 1.36. The van der Waals surface area contributed by atoms with E-state index < -0.39 is 28.5 Å². The topological polar surface area (TPSA) is 122 Å². The van der Waals surface area contributed by atoms with Crippen molar-refractivity contribution in [2.45, 2.75) is 18.6 Å². The molecule has 3 amide bonds. The number of non-ortho nitro benzene ring substituents is 1. The third-order valence-corrected chi connectivity index (χ3v) is 5.73. The minimum absolute atomic E-state index is 0.115. The smallest absolute Gasteiger partial charge is 0.325 e. The van der Waals surface area contributed by atoms with E-state index in [0.29, 0.717) is 11.3 Å². The van der Waals surface area contributed by atoms with Crippen LogP contribution in [0.2, 0.25) is 0 Å². The second-order valence-corrected chi connectivity index (χ2v) is 8.13. The van der Waals surface area contributed by atoms with Crippen molar-refractivity contribution < 1.29 is 24.4 Å². The number of β-amino-alcohol motifs (C(OH)–C–C–N with tert-alkyl or cyclic N) is 1. The number of nitro benzene ring substituents is 1. The summed E-state index contributed by atoms with van der Waals surface area (Å²) < 4.78 is 5.63. The quantitative estimate of drug-likeness (QED) is 0.301. The van der Waals surface area contributed by atoms with Crippen LogP contribution in [0.25, 0.3) is 11.1 Å². The molecule has 3 aromatic carbocycles. The molecule has 9 nitrogen and oxygen atoms in total. The Morgan fingerprint density at radius 1 is 1.00 bits per heavy atom. The van der Waals surface area contributed by atoms with E-state index in [1.807, 2.05) is 42.5 Å². The highest BCUT2D eigenvalue weighted by Gasteiger charge is 2.49. The van der Waals surface area contributed by atoms with E-state index in [2.05, 4.69) is 5.32 Å². The van der Waals surface area contributed by atoms with Gasteiger partial charge in [-0.3, -0.25) is 19.8 Å². The van der Waals surface area contributed by atoms with Crippen LogP contribution in [0.5, 0.6) is 5.75 Å². The van der Waals surface area contributed by atoms with Gasteiger partial charge in [-0.1, -0.05) is 42.5 Å². The van der Waals surface area contributed by atoms with Gasteiger partial charge in [0.25, 0.3) is 11.6 Å². The van der Waals surface area contributed by atoms with Gasteiger partial charge in [-0.25, -0.2) is 4.79 Å². The Bertz CT molecular complexity index is 1200. The number of carbonyl (C=O) groups is 2. The number of hydrogen-bond acceptors (Lipinski definition) is 6. The molecule has 34 heavy (non-hydrogen) atoms. The minimum Gasteiger partial charge on any atom is -0.491 e. The average Bonchev–Trinajstić information content (AvgIpc) is 3.07. The van der Waals surface area contributed by atoms with Crippen molar-refractivity contribution in [3.63, 3.8) is 0 Å². The van der Waals surface area contributed by atoms with Crippen molar-refractivity contribution in [2.75, 3.05) is 13.2 Å². The lowest BCUT2D eigenvalue weighted by molar-refractivity contribution is -0.384. The van der Waals surface area contributed by atoms with E-state index in [1.165, 1.54) is 31.2 Å². The number of nitro groups is 1. The Kier molecular flexibility index (Phi) is 6.29. The summed E-state index contributed by atoms with van der Waals surface area (Å²) in [7, 11) is 0. The molecule has 0 bridgehead atoms. The Hall–Kier alpha value is -4.24. The zero-order chi connectivity index (χ0) is 24.3. The Morgan fingerprint density at radius 2 is 1.62 bits per heavy atom. The van der Waals surface area contributed by atoms with Gasteiger partial charge in [0.15, 0.2) is 0 Å². The van der Waals surface area contributed by atoms with Gasteiger partial charge in [0.2, 0.25) is 0 Å². The van der Waals surface area contributed by atoms with E-state index in [9.17, 15) is 24.8 Å². The molecule has 4 rings (SSSR count). The maximum absolute atomic E-state index is 13.0. The number of ether oxygens (including phenoxy) is 1. The molecule has 0 aromatic heterocycles. The highest BCUT2D eigenvalue weighted by molar-refractivity contribution is 6.07. The number of rotatable bonds is 8. The summed E-state index contributed by atoms with van der Waals surface area (Å²) in [5.74, 6) is -0.00994. The molecule has 1 saturated heterocycles. The lowest BCUT2D eigenvalue weighted by Gasteiger charge is -2.23. The van der Waals surface area contributed by atoms with Crippen LogP contribution in [0.15, 0.2) is 78.9 Å². The normalized spacial score (nSPS) is 18.5. The third kappa shape index (κ3) is 4.60. The zero-order valence-electron chi connectivity index (χ0n) is 18.4. The van der Waals surface area contributed by atoms with E-state index in [1.54, 1.807) is 12.1 Å². The van der Waals surface area contributed by atoms with E-state index in [4.69, 9.17) is 4.74 Å². The highest BCUT2D eigenvalue weighted by atomic mass is 16.6. The summed E-state index contributed by atoms with van der Waals surface area (Å²) in [6, 6.07) is 22.0. The maximum Gasteiger partial charge on any atom is 0.325 e. The lowest BCUT2D eigenvalue weighted by atomic mass is 9.92. The molecule has 0 spiro atoms. The molecule has 1 heterocycles. The van der Waals surface area contributed by atoms with Gasteiger partial charge in [0, 0.05) is 12.1 Å². The second kappa shape index (κ2) is 9.32. The Morgan fingerprint density at radius 3 is 2.24 bits per heavy atom. The molecule has 1 aliphatic rings. The van der Waals surface area contributed by atoms with Crippen molar-refractivity contribution in [3.8, 4) is 16.9 Å². The van der Waals surface area contributed by atoms with Gasteiger partial charge >= 0.3 is 6.03 Å². The summed E-state index contributed by atoms with van der Waals surface area (Å²) >= 11 is 0. The van der Waals surface area contributed by atoms with Gasteiger partial charge in [-0.2, -0.15) is 0 Å². The standard InChI is InChI=1S/C25H23N3O6/c1-25(19-9-11-20(12-10-19)28(32)33)23(30)27(24(31)26-25)15-21(29)16-34-22-13-7-18(8-14-22)17-5-3-2-4-6-17/h2-14,21,29H,15-16H2,1H3,(H,26,31)/t21-,25+/m1/s1. The van der Waals surface area contributed by atoms with E-state index in [0.717, 1.165) is 16.0 Å².